The van der Waals surface area contributed by atoms with Gasteiger partial charge in [0.2, 0.25) is 10.0 Å². The molecule has 1 aliphatic heterocycles. The van der Waals surface area contributed by atoms with Gasteiger partial charge in [0.25, 0.3) is 0 Å². The summed E-state index contributed by atoms with van der Waals surface area (Å²) >= 11 is 0. The molecule has 2 heterocycles. The molecule has 1 fully saturated rings. The summed E-state index contributed by atoms with van der Waals surface area (Å²) in [5, 5.41) is 2.96. The predicted octanol–water partition coefficient (Wildman–Crippen LogP) is 1.59. The molecule has 3 rings (SSSR count). The maximum atomic E-state index is 12.8. The van der Waals surface area contributed by atoms with Gasteiger partial charge in [-0.05, 0) is 19.1 Å². The second-order valence-electron chi connectivity index (χ2n) is 5.58. The van der Waals surface area contributed by atoms with Crippen LogP contribution in [0, 0.1) is 6.92 Å². The first kappa shape index (κ1) is 16.8. The summed E-state index contributed by atoms with van der Waals surface area (Å²) in [6.07, 6.45) is 2.71. The zero-order valence-corrected chi connectivity index (χ0v) is 14.5. The molecule has 1 atom stereocenters. The number of nitrogens with one attached hydrogen (secondary N) is 1. The van der Waals surface area contributed by atoms with Crippen LogP contribution in [0.1, 0.15) is 17.4 Å². The molecule has 0 bridgehead atoms. The normalized spacial score (nSPS) is 19.2. The van der Waals surface area contributed by atoms with Crippen molar-refractivity contribution in [1.29, 1.82) is 0 Å². The van der Waals surface area contributed by atoms with Crippen molar-refractivity contribution in [2.45, 2.75) is 17.9 Å². The van der Waals surface area contributed by atoms with Crippen molar-refractivity contribution in [2.24, 2.45) is 0 Å². The summed E-state index contributed by atoms with van der Waals surface area (Å²) in [5.41, 5.74) is 1.64. The van der Waals surface area contributed by atoms with E-state index in [1.165, 1.54) is 4.31 Å². The maximum absolute atomic E-state index is 12.8. The van der Waals surface area contributed by atoms with Crippen LogP contribution in [0.2, 0.25) is 0 Å². The van der Waals surface area contributed by atoms with Crippen molar-refractivity contribution in [2.75, 3.05) is 32.1 Å². The molecular formula is C16H20N4O3S. The molecular weight excluding hydrogens is 328 g/mol. The molecule has 2 aromatic rings. The lowest BCUT2D eigenvalue weighted by Gasteiger charge is -2.32. The standard InChI is InChI=1S/C16H20N4O3S/c1-12-3-5-13(6-4-12)24(21,22)20-9-10-23-14(11-20)15-16(17-2)19-8-7-18-15/h3-8,14H,9-11H2,1-2H3,(H,17,19)/t14-/m1/s1. The molecule has 0 amide bonds. The van der Waals surface area contributed by atoms with Crippen molar-refractivity contribution in [3.63, 3.8) is 0 Å². The zero-order chi connectivity index (χ0) is 17.2. The Bertz CT molecular complexity index is 808. The first-order chi connectivity index (χ1) is 11.5. The predicted molar refractivity (Wildman–Crippen MR) is 90.2 cm³/mol. The van der Waals surface area contributed by atoms with Crippen LogP contribution in [0.15, 0.2) is 41.6 Å². The highest BCUT2D eigenvalue weighted by atomic mass is 32.2. The molecule has 1 aromatic heterocycles. The van der Waals surface area contributed by atoms with Crippen molar-refractivity contribution in [1.82, 2.24) is 14.3 Å². The van der Waals surface area contributed by atoms with Gasteiger partial charge >= 0.3 is 0 Å². The van der Waals surface area contributed by atoms with E-state index in [9.17, 15) is 8.42 Å². The van der Waals surface area contributed by atoms with Gasteiger partial charge in [0.15, 0.2) is 0 Å². The summed E-state index contributed by atoms with van der Waals surface area (Å²) in [4.78, 5) is 8.80. The number of aryl methyl sites for hydroxylation is 1. The van der Waals surface area contributed by atoms with E-state index in [0.717, 1.165) is 5.56 Å². The minimum atomic E-state index is -3.55. The SMILES string of the molecule is CNc1nccnc1[C@H]1CN(S(=O)(=O)c2ccc(C)cc2)CCO1. The number of ether oxygens (including phenoxy) is 1. The Morgan fingerprint density at radius 2 is 1.92 bits per heavy atom. The molecule has 24 heavy (non-hydrogen) atoms. The summed E-state index contributed by atoms with van der Waals surface area (Å²) in [6, 6.07) is 6.87. The van der Waals surface area contributed by atoms with E-state index >= 15 is 0 Å². The van der Waals surface area contributed by atoms with E-state index < -0.39 is 16.1 Å². The Hall–Kier alpha value is -2.03. The van der Waals surface area contributed by atoms with Crippen LogP contribution >= 0.6 is 0 Å². The average molecular weight is 348 g/mol. The number of aromatic nitrogens is 2. The van der Waals surface area contributed by atoms with Gasteiger partial charge in [-0.1, -0.05) is 17.7 Å². The fourth-order valence-electron chi connectivity index (χ4n) is 2.65. The van der Waals surface area contributed by atoms with E-state index in [1.807, 2.05) is 6.92 Å². The highest BCUT2D eigenvalue weighted by Gasteiger charge is 2.33. The van der Waals surface area contributed by atoms with E-state index in [-0.39, 0.29) is 6.54 Å². The number of nitrogens with zero attached hydrogens (tertiary/aromatic N) is 3. The van der Waals surface area contributed by atoms with Crippen LogP contribution in [0.25, 0.3) is 0 Å². The number of rotatable bonds is 4. The van der Waals surface area contributed by atoms with Gasteiger partial charge in [-0.2, -0.15) is 4.31 Å². The molecule has 1 N–H and O–H groups in total. The molecule has 7 nitrogen and oxygen atoms in total. The largest absolute Gasteiger partial charge is 0.372 e. The molecule has 0 spiro atoms. The first-order valence-electron chi connectivity index (χ1n) is 7.69. The number of anilines is 1. The first-order valence-corrected chi connectivity index (χ1v) is 9.13. The van der Waals surface area contributed by atoms with Gasteiger partial charge in [0.05, 0.1) is 11.5 Å². The molecule has 8 heteroatoms. The number of hydrogen-bond donors (Lipinski definition) is 1. The average Bonchev–Trinajstić information content (AvgIpc) is 2.62. The Morgan fingerprint density at radius 3 is 2.62 bits per heavy atom. The molecule has 0 saturated carbocycles. The Kier molecular flexibility index (Phi) is 4.79. The monoisotopic (exact) mass is 348 g/mol. The number of sulfonamides is 1. The van der Waals surface area contributed by atoms with Gasteiger partial charge in [-0.3, -0.25) is 4.98 Å². The number of benzene rings is 1. The van der Waals surface area contributed by atoms with Crippen molar-refractivity contribution in [3.05, 3.63) is 47.9 Å². The maximum Gasteiger partial charge on any atom is 0.243 e. The van der Waals surface area contributed by atoms with Gasteiger partial charge in [-0.25, -0.2) is 13.4 Å². The molecule has 0 radical (unpaired) electrons. The second-order valence-corrected chi connectivity index (χ2v) is 7.51. The van der Waals surface area contributed by atoms with E-state index in [0.29, 0.717) is 29.6 Å². The van der Waals surface area contributed by atoms with Crippen LogP contribution in [-0.4, -0.2) is 49.4 Å². The van der Waals surface area contributed by atoms with Gasteiger partial charge < -0.3 is 10.1 Å². The highest BCUT2D eigenvalue weighted by Crippen LogP contribution is 2.28. The third kappa shape index (κ3) is 3.26. The highest BCUT2D eigenvalue weighted by molar-refractivity contribution is 7.89. The third-order valence-electron chi connectivity index (χ3n) is 3.96. The second kappa shape index (κ2) is 6.84. The topological polar surface area (TPSA) is 84.4 Å². The fraction of sp³-hybridized carbons (Fsp3) is 0.375. The van der Waals surface area contributed by atoms with Gasteiger partial charge in [0, 0.05) is 32.5 Å². The van der Waals surface area contributed by atoms with E-state index in [2.05, 4.69) is 15.3 Å². The number of hydrogen-bond acceptors (Lipinski definition) is 6. The van der Waals surface area contributed by atoms with E-state index in [4.69, 9.17) is 4.74 Å². The number of morpholine rings is 1. The Labute approximate surface area is 141 Å². The third-order valence-corrected chi connectivity index (χ3v) is 5.84. The minimum Gasteiger partial charge on any atom is -0.372 e. The van der Waals surface area contributed by atoms with Crippen LogP contribution in [0.3, 0.4) is 0 Å². The van der Waals surface area contributed by atoms with Crippen molar-refractivity contribution < 1.29 is 13.2 Å². The Balaban J connectivity index is 1.86. The summed E-state index contributed by atoms with van der Waals surface area (Å²) in [6.45, 7) is 2.77. The quantitative estimate of drug-likeness (QED) is 0.903. The molecule has 128 valence electrons. The van der Waals surface area contributed by atoms with Crippen LogP contribution in [0.4, 0.5) is 5.82 Å². The lowest BCUT2D eigenvalue weighted by Crippen LogP contribution is -2.42. The molecule has 0 aliphatic carbocycles. The van der Waals surface area contributed by atoms with Crippen molar-refractivity contribution >= 4 is 15.8 Å². The fourth-order valence-corrected chi connectivity index (χ4v) is 4.07. The lowest BCUT2D eigenvalue weighted by atomic mass is 10.2. The van der Waals surface area contributed by atoms with Crippen LogP contribution in [-0.2, 0) is 14.8 Å². The smallest absolute Gasteiger partial charge is 0.243 e. The Morgan fingerprint density at radius 1 is 1.21 bits per heavy atom. The van der Waals surface area contributed by atoms with Gasteiger partial charge in [0.1, 0.15) is 17.6 Å². The summed E-state index contributed by atoms with van der Waals surface area (Å²) < 4.78 is 32.9. The molecule has 1 saturated heterocycles. The van der Waals surface area contributed by atoms with E-state index in [1.54, 1.807) is 43.7 Å². The molecule has 0 unspecified atom stereocenters. The van der Waals surface area contributed by atoms with Gasteiger partial charge in [-0.15, -0.1) is 0 Å². The molecule has 1 aromatic carbocycles. The summed E-state index contributed by atoms with van der Waals surface area (Å²) in [7, 11) is -1.81. The lowest BCUT2D eigenvalue weighted by molar-refractivity contribution is -0.00468. The van der Waals surface area contributed by atoms with Crippen molar-refractivity contribution in [3.8, 4) is 0 Å². The van der Waals surface area contributed by atoms with Crippen LogP contribution < -0.4 is 5.32 Å². The van der Waals surface area contributed by atoms with Crippen LogP contribution in [0.5, 0.6) is 0 Å². The minimum absolute atomic E-state index is 0.212. The summed E-state index contributed by atoms with van der Waals surface area (Å²) in [5.74, 6) is 0.595. The molecule has 1 aliphatic rings. The zero-order valence-electron chi connectivity index (χ0n) is 13.6.